The number of aryl methyl sites for hydroxylation is 1. The second-order valence-electron chi connectivity index (χ2n) is 8.22. The van der Waals surface area contributed by atoms with Crippen LogP contribution in [-0.4, -0.2) is 38.3 Å². The first-order valence-electron chi connectivity index (χ1n) is 10.2. The molecule has 2 aromatic rings. The summed E-state index contributed by atoms with van der Waals surface area (Å²) in [6.45, 7) is 11.7. The first-order chi connectivity index (χ1) is 14.2. The molecule has 0 unspecified atom stereocenters. The van der Waals surface area contributed by atoms with Gasteiger partial charge in [0.25, 0.3) is 6.47 Å². The summed E-state index contributed by atoms with van der Waals surface area (Å²) in [6, 6.07) is 11.7. The maximum atomic E-state index is 14.5. The maximum Gasteiger partial charge on any atom is 0.293 e. The van der Waals surface area contributed by atoms with Crippen LogP contribution in [0.4, 0.5) is 21.5 Å². The highest BCUT2D eigenvalue weighted by Gasteiger charge is 2.21. The SMILES string of the molecule is CC(C)(C)OC=O.Cc1cc(F)c(N2CCNCC2)c(N)c1NCc1ccccc1. The van der Waals surface area contributed by atoms with Crippen LogP contribution in [0, 0.1) is 12.7 Å². The number of hydrogen-bond acceptors (Lipinski definition) is 6. The van der Waals surface area contributed by atoms with Crippen molar-refractivity contribution in [2.24, 2.45) is 0 Å². The van der Waals surface area contributed by atoms with Gasteiger partial charge in [-0.1, -0.05) is 30.3 Å². The Labute approximate surface area is 178 Å². The molecule has 1 aliphatic rings. The Morgan fingerprint density at radius 2 is 1.87 bits per heavy atom. The molecule has 1 saturated heterocycles. The van der Waals surface area contributed by atoms with Gasteiger partial charge in [-0.3, -0.25) is 4.79 Å². The largest absolute Gasteiger partial charge is 0.462 e. The van der Waals surface area contributed by atoms with Gasteiger partial charge in [-0.15, -0.1) is 0 Å². The van der Waals surface area contributed by atoms with Crippen LogP contribution < -0.4 is 21.3 Å². The first-order valence-corrected chi connectivity index (χ1v) is 10.2. The predicted molar refractivity (Wildman–Crippen MR) is 121 cm³/mol. The molecule has 1 heterocycles. The molecule has 0 saturated carbocycles. The van der Waals surface area contributed by atoms with Crippen LogP contribution in [0.15, 0.2) is 36.4 Å². The lowest BCUT2D eigenvalue weighted by molar-refractivity contribution is -0.138. The van der Waals surface area contributed by atoms with Crippen LogP contribution in [0.5, 0.6) is 0 Å². The molecule has 0 aliphatic carbocycles. The molecule has 7 heteroatoms. The number of carbonyl (C=O) groups is 1. The van der Waals surface area contributed by atoms with Crippen LogP contribution in [0.2, 0.25) is 0 Å². The van der Waals surface area contributed by atoms with E-state index in [4.69, 9.17) is 5.73 Å². The fourth-order valence-corrected chi connectivity index (χ4v) is 3.17. The van der Waals surface area contributed by atoms with Crippen LogP contribution >= 0.6 is 0 Å². The molecular formula is C23H33FN4O2. The summed E-state index contributed by atoms with van der Waals surface area (Å²) < 4.78 is 19.0. The fourth-order valence-electron chi connectivity index (χ4n) is 3.17. The Kier molecular flexibility index (Phi) is 8.47. The lowest BCUT2D eigenvalue weighted by Gasteiger charge is -2.31. The number of nitrogens with two attached hydrogens (primary N) is 1. The van der Waals surface area contributed by atoms with Gasteiger partial charge in [0.1, 0.15) is 11.4 Å². The van der Waals surface area contributed by atoms with Crippen LogP contribution in [0.25, 0.3) is 0 Å². The molecule has 2 aromatic carbocycles. The Bertz CT molecular complexity index is 816. The summed E-state index contributed by atoms with van der Waals surface area (Å²) in [5, 5.41) is 6.65. The second-order valence-corrected chi connectivity index (χ2v) is 8.22. The van der Waals surface area contributed by atoms with Gasteiger partial charge in [0.15, 0.2) is 0 Å². The zero-order valence-corrected chi connectivity index (χ0v) is 18.3. The minimum absolute atomic E-state index is 0.243. The lowest BCUT2D eigenvalue weighted by atomic mass is 10.1. The summed E-state index contributed by atoms with van der Waals surface area (Å²) in [4.78, 5) is 11.6. The third-order valence-electron chi connectivity index (χ3n) is 4.64. The molecule has 0 spiro atoms. The van der Waals surface area contributed by atoms with Crippen molar-refractivity contribution in [1.82, 2.24) is 5.32 Å². The van der Waals surface area contributed by atoms with Crippen LogP contribution in [-0.2, 0) is 16.1 Å². The van der Waals surface area contributed by atoms with Crippen molar-refractivity contribution in [3.8, 4) is 0 Å². The fraction of sp³-hybridized carbons (Fsp3) is 0.435. The molecule has 0 atom stereocenters. The average Bonchev–Trinajstić information content (AvgIpc) is 2.69. The van der Waals surface area contributed by atoms with Crippen molar-refractivity contribution < 1.29 is 13.9 Å². The Hall–Kier alpha value is -2.80. The van der Waals surface area contributed by atoms with Crippen molar-refractivity contribution in [2.75, 3.05) is 42.1 Å². The smallest absolute Gasteiger partial charge is 0.293 e. The average molecular weight is 417 g/mol. The van der Waals surface area contributed by atoms with E-state index >= 15 is 0 Å². The van der Waals surface area contributed by atoms with Gasteiger partial charge in [0, 0.05) is 32.7 Å². The molecule has 30 heavy (non-hydrogen) atoms. The van der Waals surface area contributed by atoms with Gasteiger partial charge in [0.2, 0.25) is 0 Å². The van der Waals surface area contributed by atoms with Crippen molar-refractivity contribution in [1.29, 1.82) is 0 Å². The highest BCUT2D eigenvalue weighted by Crippen LogP contribution is 2.36. The molecule has 1 fully saturated rings. The Morgan fingerprint density at radius 1 is 1.23 bits per heavy atom. The summed E-state index contributed by atoms with van der Waals surface area (Å²) >= 11 is 0. The number of nitrogens with zero attached hydrogens (tertiary/aromatic N) is 1. The van der Waals surface area contributed by atoms with Gasteiger partial charge in [-0.05, 0) is 44.9 Å². The number of carbonyl (C=O) groups excluding carboxylic acids is 1. The topological polar surface area (TPSA) is 79.6 Å². The third kappa shape index (κ3) is 6.91. The van der Waals surface area contributed by atoms with Crippen LogP contribution in [0.1, 0.15) is 31.9 Å². The number of halogens is 1. The molecule has 3 rings (SSSR count). The zero-order valence-electron chi connectivity index (χ0n) is 18.3. The number of ether oxygens (including phenoxy) is 1. The molecule has 1 aliphatic heterocycles. The number of benzene rings is 2. The summed E-state index contributed by atoms with van der Waals surface area (Å²) in [5.74, 6) is -0.243. The van der Waals surface area contributed by atoms with Gasteiger partial charge in [-0.2, -0.15) is 0 Å². The molecule has 164 valence electrons. The van der Waals surface area contributed by atoms with Crippen molar-refractivity contribution in [3.63, 3.8) is 0 Å². The van der Waals surface area contributed by atoms with Gasteiger partial charge >= 0.3 is 0 Å². The molecule has 6 nitrogen and oxygen atoms in total. The lowest BCUT2D eigenvalue weighted by Crippen LogP contribution is -2.44. The van der Waals surface area contributed by atoms with E-state index in [0.29, 0.717) is 24.4 Å². The molecule has 4 N–H and O–H groups in total. The molecule has 0 aromatic heterocycles. The number of hydrogen-bond donors (Lipinski definition) is 3. The van der Waals surface area contributed by atoms with Gasteiger partial charge < -0.3 is 26.0 Å². The van der Waals surface area contributed by atoms with E-state index in [1.165, 1.54) is 5.56 Å². The van der Waals surface area contributed by atoms with Gasteiger partial charge in [0.05, 0.1) is 17.1 Å². The Balaban J connectivity index is 0.000000396. The minimum Gasteiger partial charge on any atom is -0.462 e. The number of rotatable bonds is 5. The van der Waals surface area contributed by atoms with Crippen molar-refractivity contribution in [2.45, 2.75) is 39.8 Å². The third-order valence-corrected chi connectivity index (χ3v) is 4.64. The summed E-state index contributed by atoms with van der Waals surface area (Å²) in [7, 11) is 0. The predicted octanol–water partition coefficient (Wildman–Crippen LogP) is 3.70. The number of nitrogens with one attached hydrogen (secondary N) is 2. The van der Waals surface area contributed by atoms with E-state index in [0.717, 1.165) is 37.4 Å². The van der Waals surface area contributed by atoms with E-state index in [1.807, 2.05) is 50.8 Å². The summed E-state index contributed by atoms with van der Waals surface area (Å²) in [5.41, 5.74) is 9.84. The maximum absolute atomic E-state index is 14.5. The van der Waals surface area contributed by atoms with E-state index in [2.05, 4.69) is 27.5 Å². The van der Waals surface area contributed by atoms with E-state index in [-0.39, 0.29) is 11.4 Å². The molecular weight excluding hydrogens is 383 g/mol. The molecule has 0 bridgehead atoms. The van der Waals surface area contributed by atoms with E-state index in [1.54, 1.807) is 6.07 Å². The quantitative estimate of drug-likeness (QED) is 0.510. The Morgan fingerprint density at radius 3 is 2.40 bits per heavy atom. The van der Waals surface area contributed by atoms with Crippen LogP contribution in [0.3, 0.4) is 0 Å². The highest BCUT2D eigenvalue weighted by atomic mass is 19.1. The van der Waals surface area contributed by atoms with Crippen molar-refractivity contribution in [3.05, 3.63) is 53.3 Å². The number of piperazine rings is 1. The minimum atomic E-state index is -0.318. The first kappa shape index (κ1) is 23.5. The highest BCUT2D eigenvalue weighted by molar-refractivity contribution is 5.84. The number of anilines is 3. The molecule has 0 amide bonds. The van der Waals surface area contributed by atoms with Crippen molar-refractivity contribution >= 4 is 23.5 Å². The normalized spacial score (nSPS) is 13.8. The number of nitrogen functional groups attached to an aromatic ring is 1. The summed E-state index contributed by atoms with van der Waals surface area (Å²) in [6.07, 6.45) is 0. The van der Waals surface area contributed by atoms with E-state index < -0.39 is 0 Å². The monoisotopic (exact) mass is 416 g/mol. The standard InChI is InChI=1S/C18H23FN4.C5H10O2/c1-13-11-15(19)18(23-9-7-21-8-10-23)16(20)17(13)22-12-14-5-3-2-4-6-14;1-5(2,3)7-4-6/h2-6,11,21-22H,7-10,12,20H2,1H3;4H,1-3H3. The second kappa shape index (κ2) is 10.8. The van der Waals surface area contributed by atoms with E-state index in [9.17, 15) is 9.18 Å². The van der Waals surface area contributed by atoms with Gasteiger partial charge in [-0.25, -0.2) is 4.39 Å². The zero-order chi connectivity index (χ0) is 22.1. The molecule has 0 radical (unpaired) electrons.